The average molecular weight is 276 g/mol. The van der Waals surface area contributed by atoms with Gasteiger partial charge in [-0.25, -0.2) is 4.79 Å². The first-order valence-electron chi connectivity index (χ1n) is 6.55. The molecular formula is C15H20N2O3. The van der Waals surface area contributed by atoms with Crippen molar-refractivity contribution in [2.24, 2.45) is 0 Å². The van der Waals surface area contributed by atoms with Crippen LogP contribution in [0.15, 0.2) is 30.3 Å². The number of benzene rings is 1. The largest absolute Gasteiger partial charge is 0.463 e. The highest BCUT2D eigenvalue weighted by Crippen LogP contribution is 2.11. The molecule has 0 aromatic heterocycles. The first-order chi connectivity index (χ1) is 9.65. The second kappa shape index (κ2) is 8.87. The molecule has 0 saturated heterocycles. The van der Waals surface area contributed by atoms with Crippen LogP contribution in [0.3, 0.4) is 0 Å². The highest BCUT2D eigenvalue weighted by Gasteiger charge is 2.01. The molecule has 5 nitrogen and oxygen atoms in total. The summed E-state index contributed by atoms with van der Waals surface area (Å²) in [4.78, 5) is 22.7. The van der Waals surface area contributed by atoms with Crippen molar-refractivity contribution in [2.75, 3.05) is 25.5 Å². The standard InChI is InChI=1S/C15H20N2O3/c1-3-20-15(19)9-6-12-4-7-13(8-5-12)17-14(18)10-11-16-2/h4-9,16H,3,10-11H2,1-2H3,(H,17,18). The van der Waals surface area contributed by atoms with E-state index in [-0.39, 0.29) is 11.9 Å². The third-order valence-electron chi connectivity index (χ3n) is 2.49. The Bertz CT molecular complexity index is 467. The zero-order valence-electron chi connectivity index (χ0n) is 11.8. The smallest absolute Gasteiger partial charge is 0.330 e. The summed E-state index contributed by atoms with van der Waals surface area (Å²) in [5.74, 6) is -0.397. The molecule has 1 aromatic carbocycles. The van der Waals surface area contributed by atoms with Crippen LogP contribution < -0.4 is 10.6 Å². The van der Waals surface area contributed by atoms with Gasteiger partial charge in [0.1, 0.15) is 0 Å². The van der Waals surface area contributed by atoms with E-state index in [1.165, 1.54) is 6.08 Å². The molecule has 1 amide bonds. The molecule has 1 rings (SSSR count). The molecule has 0 unspecified atom stereocenters. The number of carbonyl (C=O) groups excluding carboxylic acids is 2. The fraction of sp³-hybridized carbons (Fsp3) is 0.333. The maximum Gasteiger partial charge on any atom is 0.330 e. The summed E-state index contributed by atoms with van der Waals surface area (Å²) in [6.07, 6.45) is 3.48. The Morgan fingerprint density at radius 1 is 1.25 bits per heavy atom. The van der Waals surface area contributed by atoms with Gasteiger partial charge in [0.15, 0.2) is 0 Å². The van der Waals surface area contributed by atoms with E-state index in [0.717, 1.165) is 11.3 Å². The predicted octanol–water partition coefficient (Wildman–Crippen LogP) is 1.81. The van der Waals surface area contributed by atoms with Crippen molar-refractivity contribution >= 4 is 23.6 Å². The van der Waals surface area contributed by atoms with Crippen LogP contribution in [-0.4, -0.2) is 32.1 Å². The second-order valence-electron chi connectivity index (χ2n) is 4.11. The molecule has 0 bridgehead atoms. The van der Waals surface area contributed by atoms with Gasteiger partial charge in [-0.1, -0.05) is 12.1 Å². The van der Waals surface area contributed by atoms with E-state index in [2.05, 4.69) is 10.6 Å². The first-order valence-corrected chi connectivity index (χ1v) is 6.55. The van der Waals surface area contributed by atoms with Gasteiger partial charge in [-0.2, -0.15) is 0 Å². The molecule has 2 N–H and O–H groups in total. The number of carbonyl (C=O) groups is 2. The number of rotatable bonds is 7. The topological polar surface area (TPSA) is 67.4 Å². The van der Waals surface area contributed by atoms with E-state index in [4.69, 9.17) is 4.74 Å². The fourth-order valence-electron chi connectivity index (χ4n) is 1.49. The summed E-state index contributed by atoms with van der Waals surface area (Å²) in [5, 5.41) is 5.71. The summed E-state index contributed by atoms with van der Waals surface area (Å²) in [6, 6.07) is 7.23. The van der Waals surface area contributed by atoms with E-state index >= 15 is 0 Å². The summed E-state index contributed by atoms with van der Waals surface area (Å²) >= 11 is 0. The van der Waals surface area contributed by atoms with E-state index in [1.807, 2.05) is 12.1 Å². The monoisotopic (exact) mass is 276 g/mol. The molecule has 0 aliphatic heterocycles. The Morgan fingerprint density at radius 3 is 2.55 bits per heavy atom. The number of anilines is 1. The zero-order chi connectivity index (χ0) is 14.8. The van der Waals surface area contributed by atoms with Gasteiger partial charge < -0.3 is 15.4 Å². The number of hydrogen-bond donors (Lipinski definition) is 2. The molecule has 0 radical (unpaired) electrons. The van der Waals surface area contributed by atoms with Crippen LogP contribution in [0.5, 0.6) is 0 Å². The first kappa shape index (κ1) is 15.9. The van der Waals surface area contributed by atoms with Gasteiger partial charge in [-0.3, -0.25) is 4.79 Å². The molecule has 0 aliphatic rings. The van der Waals surface area contributed by atoms with Crippen molar-refractivity contribution in [2.45, 2.75) is 13.3 Å². The molecular weight excluding hydrogens is 256 g/mol. The van der Waals surface area contributed by atoms with Gasteiger partial charge >= 0.3 is 5.97 Å². The summed E-state index contributed by atoms with van der Waals surface area (Å²) in [6.45, 7) is 2.77. The lowest BCUT2D eigenvalue weighted by atomic mass is 10.2. The predicted molar refractivity (Wildman–Crippen MR) is 79.3 cm³/mol. The van der Waals surface area contributed by atoms with Crippen molar-refractivity contribution in [3.8, 4) is 0 Å². The van der Waals surface area contributed by atoms with Crippen molar-refractivity contribution in [3.05, 3.63) is 35.9 Å². The maximum atomic E-state index is 11.5. The summed E-state index contributed by atoms with van der Waals surface area (Å²) in [5.41, 5.74) is 1.60. The number of amides is 1. The number of esters is 1. The molecule has 5 heteroatoms. The van der Waals surface area contributed by atoms with E-state index in [9.17, 15) is 9.59 Å². The van der Waals surface area contributed by atoms with Crippen molar-refractivity contribution in [3.63, 3.8) is 0 Å². The SMILES string of the molecule is CCOC(=O)C=Cc1ccc(NC(=O)CCNC)cc1. The lowest BCUT2D eigenvalue weighted by molar-refractivity contribution is -0.137. The molecule has 0 heterocycles. The van der Waals surface area contributed by atoms with E-state index < -0.39 is 0 Å². The minimum absolute atomic E-state index is 0.0332. The minimum Gasteiger partial charge on any atom is -0.463 e. The molecule has 0 atom stereocenters. The summed E-state index contributed by atoms with van der Waals surface area (Å²) in [7, 11) is 1.80. The number of ether oxygens (including phenoxy) is 1. The molecule has 0 fully saturated rings. The molecule has 0 aliphatic carbocycles. The van der Waals surface area contributed by atoms with Crippen LogP contribution in [0, 0.1) is 0 Å². The molecule has 20 heavy (non-hydrogen) atoms. The lowest BCUT2D eigenvalue weighted by Gasteiger charge is -2.05. The fourth-order valence-corrected chi connectivity index (χ4v) is 1.49. The second-order valence-corrected chi connectivity index (χ2v) is 4.11. The van der Waals surface area contributed by atoms with Crippen LogP contribution >= 0.6 is 0 Å². The van der Waals surface area contributed by atoms with Crippen LogP contribution in [0.25, 0.3) is 6.08 Å². The Labute approximate surface area is 119 Å². The van der Waals surface area contributed by atoms with Crippen molar-refractivity contribution in [1.82, 2.24) is 5.32 Å². The van der Waals surface area contributed by atoms with Crippen LogP contribution in [0.1, 0.15) is 18.9 Å². The van der Waals surface area contributed by atoms with Gasteiger partial charge in [0.05, 0.1) is 6.61 Å². The Kier molecular flexibility index (Phi) is 7.06. The van der Waals surface area contributed by atoms with Gasteiger partial charge in [0, 0.05) is 24.7 Å². The lowest BCUT2D eigenvalue weighted by Crippen LogP contribution is -2.18. The zero-order valence-corrected chi connectivity index (χ0v) is 11.8. The minimum atomic E-state index is -0.364. The van der Waals surface area contributed by atoms with Gasteiger partial charge in [0.2, 0.25) is 5.91 Å². The third kappa shape index (κ3) is 6.15. The molecule has 0 spiro atoms. The van der Waals surface area contributed by atoms with E-state index in [1.54, 1.807) is 32.2 Å². The quantitative estimate of drug-likeness (QED) is 0.589. The third-order valence-corrected chi connectivity index (χ3v) is 2.49. The van der Waals surface area contributed by atoms with Crippen LogP contribution in [0.4, 0.5) is 5.69 Å². The summed E-state index contributed by atoms with van der Waals surface area (Å²) < 4.78 is 4.79. The normalized spacial score (nSPS) is 10.5. The average Bonchev–Trinajstić information content (AvgIpc) is 2.45. The molecule has 108 valence electrons. The highest BCUT2D eigenvalue weighted by molar-refractivity contribution is 5.91. The molecule has 0 saturated carbocycles. The maximum absolute atomic E-state index is 11.5. The van der Waals surface area contributed by atoms with Gasteiger partial charge in [0.25, 0.3) is 0 Å². The Hall–Kier alpha value is -2.14. The van der Waals surface area contributed by atoms with E-state index in [0.29, 0.717) is 19.6 Å². The van der Waals surface area contributed by atoms with Crippen molar-refractivity contribution in [1.29, 1.82) is 0 Å². The van der Waals surface area contributed by atoms with Gasteiger partial charge in [-0.15, -0.1) is 0 Å². The Balaban J connectivity index is 2.51. The van der Waals surface area contributed by atoms with Crippen LogP contribution in [0.2, 0.25) is 0 Å². The number of nitrogens with one attached hydrogen (secondary N) is 2. The van der Waals surface area contributed by atoms with Crippen LogP contribution in [-0.2, 0) is 14.3 Å². The highest BCUT2D eigenvalue weighted by atomic mass is 16.5. The number of hydrogen-bond acceptors (Lipinski definition) is 4. The molecule has 1 aromatic rings. The van der Waals surface area contributed by atoms with Crippen molar-refractivity contribution < 1.29 is 14.3 Å². The Morgan fingerprint density at radius 2 is 1.95 bits per heavy atom. The van der Waals surface area contributed by atoms with Gasteiger partial charge in [-0.05, 0) is 37.7 Å².